The van der Waals surface area contributed by atoms with Crippen LogP contribution in [-0.2, 0) is 11.2 Å². The minimum atomic E-state index is 0.711. The van der Waals surface area contributed by atoms with Gasteiger partial charge in [0.1, 0.15) is 5.82 Å². The third-order valence-electron chi connectivity index (χ3n) is 4.48. The first kappa shape index (κ1) is 13.3. The van der Waals surface area contributed by atoms with Crippen molar-refractivity contribution >= 4 is 16.7 Å². The highest BCUT2D eigenvalue weighted by molar-refractivity contribution is 7.09. The van der Waals surface area contributed by atoms with E-state index in [0.717, 1.165) is 29.3 Å². The maximum absolute atomic E-state index is 5.10. The number of hydrogen-bond acceptors (Lipinski definition) is 5. The van der Waals surface area contributed by atoms with E-state index in [9.17, 15) is 0 Å². The molecule has 0 radical (unpaired) electrons. The number of nitrogens with zero attached hydrogens (tertiary/aromatic N) is 3. The Kier molecular flexibility index (Phi) is 4.33. The van der Waals surface area contributed by atoms with Crippen LogP contribution in [0.2, 0.25) is 0 Å². The summed E-state index contributed by atoms with van der Waals surface area (Å²) in [6.07, 6.45) is 9.12. The molecule has 0 N–H and O–H groups in total. The van der Waals surface area contributed by atoms with Gasteiger partial charge >= 0.3 is 0 Å². The third-order valence-corrected chi connectivity index (χ3v) is 5.27. The Morgan fingerprint density at radius 1 is 1.26 bits per heavy atom. The fraction of sp³-hybridized carbons (Fsp3) is 0.857. The second-order valence-corrected chi connectivity index (χ2v) is 6.41. The highest BCUT2D eigenvalue weighted by Crippen LogP contribution is 2.38. The molecule has 0 amide bonds. The molecule has 2 heterocycles. The van der Waals surface area contributed by atoms with Gasteiger partial charge in [-0.05, 0) is 31.6 Å². The summed E-state index contributed by atoms with van der Waals surface area (Å²) in [5.41, 5.74) is 0. The monoisotopic (exact) mass is 281 g/mol. The Morgan fingerprint density at radius 2 is 2.11 bits per heavy atom. The van der Waals surface area contributed by atoms with E-state index in [1.807, 2.05) is 0 Å². The van der Waals surface area contributed by atoms with Gasteiger partial charge < -0.3 is 9.64 Å². The molecule has 0 aromatic carbocycles. The Labute approximate surface area is 119 Å². The summed E-state index contributed by atoms with van der Waals surface area (Å²) >= 11 is 1.57. The molecule has 2 atom stereocenters. The maximum Gasteiger partial charge on any atom is 0.205 e. The largest absolute Gasteiger partial charge is 0.384 e. The van der Waals surface area contributed by atoms with Gasteiger partial charge in [0.25, 0.3) is 0 Å². The van der Waals surface area contributed by atoms with Crippen LogP contribution in [0.25, 0.3) is 0 Å². The number of rotatable bonds is 4. The molecule has 19 heavy (non-hydrogen) atoms. The van der Waals surface area contributed by atoms with Crippen molar-refractivity contribution in [2.45, 2.75) is 51.0 Å². The fourth-order valence-corrected chi connectivity index (χ4v) is 4.32. The molecule has 4 nitrogen and oxygen atoms in total. The van der Waals surface area contributed by atoms with Crippen LogP contribution in [0, 0.1) is 5.92 Å². The van der Waals surface area contributed by atoms with Crippen LogP contribution in [0.1, 0.15) is 44.3 Å². The van der Waals surface area contributed by atoms with Crippen molar-refractivity contribution in [2.24, 2.45) is 5.92 Å². The van der Waals surface area contributed by atoms with E-state index >= 15 is 0 Å². The number of aromatic nitrogens is 2. The van der Waals surface area contributed by atoms with Crippen molar-refractivity contribution in [3.05, 3.63) is 5.82 Å². The predicted octanol–water partition coefficient (Wildman–Crippen LogP) is 2.89. The predicted molar refractivity (Wildman–Crippen MR) is 77.8 cm³/mol. The summed E-state index contributed by atoms with van der Waals surface area (Å²) in [5.74, 6) is 1.84. The van der Waals surface area contributed by atoms with Crippen molar-refractivity contribution in [3.8, 4) is 0 Å². The maximum atomic E-state index is 5.10. The number of hydrogen-bond donors (Lipinski definition) is 0. The molecule has 1 saturated heterocycles. The second kappa shape index (κ2) is 6.18. The molecule has 1 aliphatic heterocycles. The highest BCUT2D eigenvalue weighted by atomic mass is 32.1. The van der Waals surface area contributed by atoms with Gasteiger partial charge in [-0.15, -0.1) is 0 Å². The second-order valence-electron chi connectivity index (χ2n) is 5.68. The summed E-state index contributed by atoms with van der Waals surface area (Å²) in [5, 5.41) is 1.14. The quantitative estimate of drug-likeness (QED) is 0.850. The van der Waals surface area contributed by atoms with Gasteiger partial charge in [0, 0.05) is 37.6 Å². The molecule has 1 aliphatic carbocycles. The third kappa shape index (κ3) is 2.92. The van der Waals surface area contributed by atoms with Crippen LogP contribution in [0.3, 0.4) is 0 Å². The first-order chi connectivity index (χ1) is 9.38. The Morgan fingerprint density at radius 3 is 3.00 bits per heavy atom. The number of piperidine rings is 1. The van der Waals surface area contributed by atoms with Crippen molar-refractivity contribution in [1.82, 2.24) is 9.36 Å². The number of ether oxygens (including phenoxy) is 1. The van der Waals surface area contributed by atoms with Crippen molar-refractivity contribution in [3.63, 3.8) is 0 Å². The molecule has 2 fully saturated rings. The van der Waals surface area contributed by atoms with Gasteiger partial charge in [-0.2, -0.15) is 4.37 Å². The Bertz CT molecular complexity index is 407. The van der Waals surface area contributed by atoms with Crippen LogP contribution in [0.5, 0.6) is 0 Å². The van der Waals surface area contributed by atoms with Crippen LogP contribution in [0.4, 0.5) is 5.13 Å². The van der Waals surface area contributed by atoms with Gasteiger partial charge in [0.15, 0.2) is 0 Å². The minimum absolute atomic E-state index is 0.711. The Balaban J connectivity index is 1.70. The molecule has 1 aromatic rings. The molecular weight excluding hydrogens is 258 g/mol. The van der Waals surface area contributed by atoms with Crippen molar-refractivity contribution < 1.29 is 4.74 Å². The van der Waals surface area contributed by atoms with E-state index < -0.39 is 0 Å². The lowest BCUT2D eigenvalue weighted by Gasteiger charge is -2.43. The van der Waals surface area contributed by atoms with E-state index in [1.54, 1.807) is 18.6 Å². The lowest BCUT2D eigenvalue weighted by molar-refractivity contribution is 0.200. The zero-order chi connectivity index (χ0) is 13.1. The molecule has 1 aromatic heterocycles. The van der Waals surface area contributed by atoms with Gasteiger partial charge in [0.2, 0.25) is 5.13 Å². The summed E-state index contributed by atoms with van der Waals surface area (Å²) in [4.78, 5) is 7.26. The minimum Gasteiger partial charge on any atom is -0.384 e. The van der Waals surface area contributed by atoms with Gasteiger partial charge in [-0.1, -0.05) is 12.8 Å². The topological polar surface area (TPSA) is 38.2 Å². The first-order valence-electron chi connectivity index (χ1n) is 7.46. The fourth-order valence-electron chi connectivity index (χ4n) is 3.52. The number of methoxy groups -OCH3 is 1. The lowest BCUT2D eigenvalue weighted by Crippen LogP contribution is -2.46. The average Bonchev–Trinajstić information content (AvgIpc) is 2.93. The summed E-state index contributed by atoms with van der Waals surface area (Å²) in [7, 11) is 1.73. The summed E-state index contributed by atoms with van der Waals surface area (Å²) in [6.45, 7) is 1.88. The smallest absolute Gasteiger partial charge is 0.205 e. The standard InChI is InChI=1S/C14H23N3OS/c1-18-10-8-13-15-14(19-16-13)17-9-4-6-11-5-2-3-7-12(11)17/h11-12H,2-10H2,1H3. The van der Waals surface area contributed by atoms with E-state index in [4.69, 9.17) is 9.72 Å². The van der Waals surface area contributed by atoms with Crippen molar-refractivity contribution in [1.29, 1.82) is 0 Å². The zero-order valence-corrected chi connectivity index (χ0v) is 12.5. The molecule has 3 rings (SSSR count). The molecule has 0 spiro atoms. The molecule has 5 heteroatoms. The van der Waals surface area contributed by atoms with E-state index in [0.29, 0.717) is 6.61 Å². The first-order valence-corrected chi connectivity index (χ1v) is 8.24. The number of anilines is 1. The van der Waals surface area contributed by atoms with E-state index in [1.165, 1.54) is 45.1 Å². The summed E-state index contributed by atoms with van der Waals surface area (Å²) < 4.78 is 9.57. The van der Waals surface area contributed by atoms with Gasteiger partial charge in [-0.3, -0.25) is 0 Å². The van der Waals surface area contributed by atoms with Crippen LogP contribution >= 0.6 is 11.5 Å². The van der Waals surface area contributed by atoms with E-state index in [-0.39, 0.29) is 0 Å². The van der Waals surface area contributed by atoms with Crippen LogP contribution in [0.15, 0.2) is 0 Å². The van der Waals surface area contributed by atoms with Crippen LogP contribution < -0.4 is 4.90 Å². The molecule has 106 valence electrons. The average molecular weight is 281 g/mol. The zero-order valence-electron chi connectivity index (χ0n) is 11.7. The van der Waals surface area contributed by atoms with E-state index in [2.05, 4.69) is 9.27 Å². The Hall–Kier alpha value is -0.680. The summed E-state index contributed by atoms with van der Waals surface area (Å²) in [6, 6.07) is 0.728. The molecule has 2 aliphatic rings. The van der Waals surface area contributed by atoms with Gasteiger partial charge in [0.05, 0.1) is 6.61 Å². The molecule has 0 bridgehead atoms. The van der Waals surface area contributed by atoms with Gasteiger partial charge in [-0.25, -0.2) is 4.98 Å². The molecule has 2 unspecified atom stereocenters. The normalized spacial score (nSPS) is 27.3. The highest BCUT2D eigenvalue weighted by Gasteiger charge is 2.34. The molecule has 1 saturated carbocycles. The van der Waals surface area contributed by atoms with Crippen molar-refractivity contribution in [2.75, 3.05) is 25.2 Å². The SMILES string of the molecule is COCCc1nsc(N2CCCC3CCCCC32)n1. The lowest BCUT2D eigenvalue weighted by atomic mass is 9.78. The molecular formula is C14H23N3OS. The number of fused-ring (bicyclic) bond motifs is 1. The van der Waals surface area contributed by atoms with Crippen LogP contribution in [-0.4, -0.2) is 35.7 Å².